The van der Waals surface area contributed by atoms with E-state index in [4.69, 9.17) is 4.74 Å². The third kappa shape index (κ3) is 3.01. The Morgan fingerprint density at radius 1 is 1.00 bits per heavy atom. The second-order valence-electron chi connectivity index (χ2n) is 6.89. The second kappa shape index (κ2) is 6.34. The third-order valence-corrected chi connectivity index (χ3v) is 7.36. The Balaban J connectivity index is 1.45. The van der Waals surface area contributed by atoms with Crippen molar-refractivity contribution >= 4 is 10.8 Å². The molecule has 3 nitrogen and oxygen atoms in total. The largest absolute Gasteiger partial charge is 0.489 e. The molecule has 0 radical (unpaired) electrons. The Hall–Kier alpha value is -1.65. The van der Waals surface area contributed by atoms with Gasteiger partial charge in [0.25, 0.3) is 0 Å². The number of hydrogen-bond donors (Lipinski definition) is 1. The third-order valence-electron chi connectivity index (χ3n) is 5.24. The highest BCUT2D eigenvalue weighted by atomic mass is 32.2. The van der Waals surface area contributed by atoms with Crippen molar-refractivity contribution in [3.05, 3.63) is 65.7 Å². The summed E-state index contributed by atoms with van der Waals surface area (Å²) in [6.07, 6.45) is 3.19. The van der Waals surface area contributed by atoms with Crippen LogP contribution < -0.4 is 4.74 Å². The Bertz CT molecular complexity index is 710. The average molecular weight is 342 g/mol. The fourth-order valence-corrected chi connectivity index (χ4v) is 6.08. The quantitative estimate of drug-likeness (QED) is 0.925. The van der Waals surface area contributed by atoms with Crippen molar-refractivity contribution in [2.24, 2.45) is 0 Å². The molecule has 0 aliphatic carbocycles. The number of ether oxygens (including phenoxy) is 1. The molecule has 0 amide bonds. The SMILES string of the molecule is O=S1C2CCC1CC(O)(c1ccc(OCc3ccccc3)cc1)C2. The normalized spacial score (nSPS) is 31.8. The smallest absolute Gasteiger partial charge is 0.119 e. The molecular formula is C20H22O3S. The molecule has 24 heavy (non-hydrogen) atoms. The van der Waals surface area contributed by atoms with E-state index in [1.165, 1.54) is 0 Å². The predicted molar refractivity (Wildman–Crippen MR) is 95.3 cm³/mol. The number of aliphatic hydroxyl groups is 1. The van der Waals surface area contributed by atoms with Gasteiger partial charge in [-0.05, 0) is 48.9 Å². The van der Waals surface area contributed by atoms with Gasteiger partial charge in [0, 0.05) is 21.3 Å². The zero-order valence-corrected chi connectivity index (χ0v) is 14.4. The Labute approximate surface area is 145 Å². The van der Waals surface area contributed by atoms with E-state index < -0.39 is 16.4 Å². The van der Waals surface area contributed by atoms with Crippen LogP contribution in [0, 0.1) is 0 Å². The number of rotatable bonds is 4. The first kappa shape index (κ1) is 15.9. The van der Waals surface area contributed by atoms with Crippen LogP contribution in [-0.4, -0.2) is 19.8 Å². The Morgan fingerprint density at radius 3 is 2.25 bits per heavy atom. The van der Waals surface area contributed by atoms with Crippen molar-refractivity contribution in [2.75, 3.05) is 0 Å². The molecule has 2 aliphatic heterocycles. The van der Waals surface area contributed by atoms with Crippen molar-refractivity contribution in [1.29, 1.82) is 0 Å². The van der Waals surface area contributed by atoms with Gasteiger partial charge in [0.1, 0.15) is 12.4 Å². The molecule has 2 aromatic rings. The molecule has 0 spiro atoms. The maximum Gasteiger partial charge on any atom is 0.119 e. The van der Waals surface area contributed by atoms with E-state index in [1.54, 1.807) is 0 Å². The van der Waals surface area contributed by atoms with Gasteiger partial charge in [-0.3, -0.25) is 4.21 Å². The summed E-state index contributed by atoms with van der Waals surface area (Å²) in [5, 5.41) is 11.4. The molecule has 2 bridgehead atoms. The molecular weight excluding hydrogens is 320 g/mol. The Kier molecular flexibility index (Phi) is 4.19. The van der Waals surface area contributed by atoms with Gasteiger partial charge in [-0.25, -0.2) is 0 Å². The van der Waals surface area contributed by atoms with Crippen molar-refractivity contribution in [3.8, 4) is 5.75 Å². The summed E-state index contributed by atoms with van der Waals surface area (Å²) in [7, 11) is -0.752. The second-order valence-corrected chi connectivity index (χ2v) is 8.88. The molecule has 1 N–H and O–H groups in total. The summed E-state index contributed by atoms with van der Waals surface area (Å²) in [5.74, 6) is 0.800. The van der Waals surface area contributed by atoms with Gasteiger partial charge in [-0.2, -0.15) is 0 Å². The van der Waals surface area contributed by atoms with E-state index in [0.717, 1.165) is 29.7 Å². The zero-order chi connectivity index (χ0) is 16.6. The highest BCUT2D eigenvalue weighted by Crippen LogP contribution is 2.45. The van der Waals surface area contributed by atoms with Gasteiger partial charge < -0.3 is 9.84 Å². The van der Waals surface area contributed by atoms with Gasteiger partial charge in [0.15, 0.2) is 0 Å². The molecule has 2 aliphatic rings. The minimum absolute atomic E-state index is 0.155. The molecule has 4 heteroatoms. The molecule has 2 fully saturated rings. The van der Waals surface area contributed by atoms with Crippen LogP contribution in [-0.2, 0) is 23.0 Å². The van der Waals surface area contributed by atoms with E-state index in [0.29, 0.717) is 19.4 Å². The van der Waals surface area contributed by atoms with Crippen LogP contribution in [0.15, 0.2) is 54.6 Å². The fourth-order valence-electron chi connectivity index (χ4n) is 3.92. The number of hydrogen-bond acceptors (Lipinski definition) is 3. The van der Waals surface area contributed by atoms with Crippen LogP contribution in [0.5, 0.6) is 5.75 Å². The molecule has 4 rings (SSSR count). The monoisotopic (exact) mass is 342 g/mol. The maximum atomic E-state index is 12.2. The highest BCUT2D eigenvalue weighted by Gasteiger charge is 2.48. The maximum absolute atomic E-state index is 12.2. The molecule has 2 atom stereocenters. The number of benzene rings is 2. The molecule has 0 saturated carbocycles. The molecule has 2 aromatic carbocycles. The molecule has 126 valence electrons. The summed E-state index contributed by atoms with van der Waals surface area (Å²) in [6, 6.07) is 17.8. The van der Waals surface area contributed by atoms with E-state index in [9.17, 15) is 9.32 Å². The topological polar surface area (TPSA) is 46.5 Å². The first-order chi connectivity index (χ1) is 11.6. The molecule has 2 heterocycles. The van der Waals surface area contributed by atoms with Crippen molar-refractivity contribution in [3.63, 3.8) is 0 Å². The zero-order valence-electron chi connectivity index (χ0n) is 13.6. The van der Waals surface area contributed by atoms with Crippen LogP contribution in [0.3, 0.4) is 0 Å². The predicted octanol–water partition coefficient (Wildman–Crippen LogP) is 3.53. The van der Waals surface area contributed by atoms with Crippen molar-refractivity contribution in [2.45, 2.75) is 48.4 Å². The average Bonchev–Trinajstić information content (AvgIpc) is 2.83. The van der Waals surface area contributed by atoms with E-state index in [1.807, 2.05) is 54.6 Å². The lowest BCUT2D eigenvalue weighted by Gasteiger charge is -2.36. The molecule has 0 aromatic heterocycles. The van der Waals surface area contributed by atoms with E-state index in [2.05, 4.69) is 0 Å². The first-order valence-corrected chi connectivity index (χ1v) is 9.81. The van der Waals surface area contributed by atoms with Gasteiger partial charge in [0.2, 0.25) is 0 Å². The van der Waals surface area contributed by atoms with E-state index >= 15 is 0 Å². The van der Waals surface area contributed by atoms with Crippen LogP contribution in [0.2, 0.25) is 0 Å². The van der Waals surface area contributed by atoms with Crippen LogP contribution in [0.25, 0.3) is 0 Å². The van der Waals surface area contributed by atoms with E-state index in [-0.39, 0.29) is 10.5 Å². The minimum Gasteiger partial charge on any atom is -0.489 e. The highest BCUT2D eigenvalue weighted by molar-refractivity contribution is 7.86. The lowest BCUT2D eigenvalue weighted by Crippen LogP contribution is -2.40. The van der Waals surface area contributed by atoms with Crippen molar-refractivity contribution in [1.82, 2.24) is 0 Å². The lowest BCUT2D eigenvalue weighted by atomic mass is 9.86. The lowest BCUT2D eigenvalue weighted by molar-refractivity contribution is 0.0184. The first-order valence-electron chi connectivity index (χ1n) is 8.53. The van der Waals surface area contributed by atoms with Crippen LogP contribution in [0.1, 0.15) is 36.8 Å². The summed E-state index contributed by atoms with van der Waals surface area (Å²) in [6.45, 7) is 0.535. The summed E-state index contributed by atoms with van der Waals surface area (Å²) in [5.41, 5.74) is 1.22. The fraction of sp³-hybridized carbons (Fsp3) is 0.400. The van der Waals surface area contributed by atoms with Gasteiger partial charge in [0.05, 0.1) is 5.60 Å². The summed E-state index contributed by atoms with van der Waals surface area (Å²) in [4.78, 5) is 0. The van der Waals surface area contributed by atoms with Gasteiger partial charge >= 0.3 is 0 Å². The van der Waals surface area contributed by atoms with Crippen LogP contribution >= 0.6 is 0 Å². The van der Waals surface area contributed by atoms with Crippen molar-refractivity contribution < 1.29 is 14.1 Å². The summed E-state index contributed by atoms with van der Waals surface area (Å²) < 4.78 is 18.0. The number of fused-ring (bicyclic) bond motifs is 2. The standard InChI is InChI=1S/C20H22O3S/c21-20(12-18-10-11-19(13-20)24(18)22)16-6-8-17(9-7-16)23-14-15-4-2-1-3-5-15/h1-9,18-19,21H,10-14H2. The van der Waals surface area contributed by atoms with Gasteiger partial charge in [-0.1, -0.05) is 42.5 Å². The molecule has 2 saturated heterocycles. The Morgan fingerprint density at radius 2 is 1.62 bits per heavy atom. The molecule has 2 unspecified atom stereocenters. The minimum atomic E-state index is -0.836. The summed E-state index contributed by atoms with van der Waals surface area (Å²) >= 11 is 0. The van der Waals surface area contributed by atoms with Crippen LogP contribution in [0.4, 0.5) is 0 Å². The van der Waals surface area contributed by atoms with Gasteiger partial charge in [-0.15, -0.1) is 0 Å².